The van der Waals surface area contributed by atoms with E-state index in [1.807, 2.05) is 67.6 Å². The molecule has 3 heterocycles. The number of nitrogens with one attached hydrogen (secondary N) is 1. The number of aromatic hydroxyl groups is 1. The Kier molecular flexibility index (Phi) is 7.69. The number of carbonyl (C=O) groups is 3. The molecule has 1 aromatic heterocycles. The molecule has 220 valence electrons. The lowest BCUT2D eigenvalue weighted by Crippen LogP contribution is -2.78. The van der Waals surface area contributed by atoms with E-state index < -0.39 is 18.2 Å². The number of amides is 4. The fourth-order valence-corrected chi connectivity index (χ4v) is 6.16. The molecule has 0 saturated carbocycles. The third kappa shape index (κ3) is 5.49. The molecule has 10 nitrogen and oxygen atoms in total. The van der Waals surface area contributed by atoms with Crippen LogP contribution in [-0.2, 0) is 29.1 Å². The lowest BCUT2D eigenvalue weighted by atomic mass is 9.94. The normalized spacial score (nSPS) is 20.8. The van der Waals surface area contributed by atoms with E-state index in [9.17, 15) is 19.5 Å². The minimum absolute atomic E-state index is 0.0470. The number of pyridine rings is 1. The van der Waals surface area contributed by atoms with Crippen LogP contribution in [0.1, 0.15) is 23.6 Å². The molecule has 3 aromatic carbocycles. The summed E-state index contributed by atoms with van der Waals surface area (Å²) in [7, 11) is 1.72. The van der Waals surface area contributed by atoms with Gasteiger partial charge in [-0.25, -0.2) is 14.8 Å². The summed E-state index contributed by atoms with van der Waals surface area (Å²) < 4.78 is 0. The van der Waals surface area contributed by atoms with Gasteiger partial charge < -0.3 is 20.2 Å². The number of para-hydroxylation sites is 1. The number of nitrogens with zero attached hydrogens (tertiary/aromatic N) is 5. The minimum atomic E-state index is -0.848. The maximum Gasteiger partial charge on any atom is 0.334 e. The number of hydrazine groups is 1. The third-order valence-corrected chi connectivity index (χ3v) is 8.30. The summed E-state index contributed by atoms with van der Waals surface area (Å²) in [5.74, 6) is -0.311. The van der Waals surface area contributed by atoms with E-state index in [2.05, 4.69) is 10.3 Å². The molecular weight excluding hydrogens is 544 g/mol. The van der Waals surface area contributed by atoms with E-state index in [0.29, 0.717) is 6.54 Å². The van der Waals surface area contributed by atoms with Crippen LogP contribution < -0.4 is 5.32 Å². The van der Waals surface area contributed by atoms with Gasteiger partial charge in [-0.1, -0.05) is 66.7 Å². The van der Waals surface area contributed by atoms with Gasteiger partial charge in [0.1, 0.15) is 18.0 Å². The molecule has 2 N–H and O–H groups in total. The van der Waals surface area contributed by atoms with Gasteiger partial charge in [-0.05, 0) is 41.8 Å². The van der Waals surface area contributed by atoms with Gasteiger partial charge in [0.2, 0.25) is 11.8 Å². The second kappa shape index (κ2) is 11.7. The summed E-state index contributed by atoms with van der Waals surface area (Å²) in [5.41, 5.74) is 3.43. The molecule has 2 aliphatic rings. The highest BCUT2D eigenvalue weighted by molar-refractivity contribution is 5.92. The molecule has 6 rings (SSSR count). The van der Waals surface area contributed by atoms with Gasteiger partial charge in [0.15, 0.2) is 0 Å². The molecular formula is C33H34N6O4. The highest BCUT2D eigenvalue weighted by Gasteiger charge is 2.54. The number of phenolic OH excluding ortho intramolecular Hbond substituents is 1. The molecule has 2 fully saturated rings. The van der Waals surface area contributed by atoms with Crippen LogP contribution in [0, 0.1) is 0 Å². The predicted octanol–water partition coefficient (Wildman–Crippen LogP) is 3.51. The Labute approximate surface area is 250 Å². The number of aromatic nitrogens is 1. The highest BCUT2D eigenvalue weighted by atomic mass is 16.3. The lowest BCUT2D eigenvalue weighted by Gasteiger charge is -2.57. The molecule has 0 radical (unpaired) electrons. The van der Waals surface area contributed by atoms with E-state index in [1.54, 1.807) is 57.3 Å². The van der Waals surface area contributed by atoms with Gasteiger partial charge >= 0.3 is 6.03 Å². The van der Waals surface area contributed by atoms with Crippen molar-refractivity contribution in [2.24, 2.45) is 0 Å². The smallest absolute Gasteiger partial charge is 0.334 e. The average Bonchev–Trinajstić information content (AvgIpc) is 3.01. The van der Waals surface area contributed by atoms with E-state index in [0.717, 1.165) is 27.6 Å². The number of phenols is 1. The first-order chi connectivity index (χ1) is 20.8. The van der Waals surface area contributed by atoms with Crippen LogP contribution in [0.2, 0.25) is 0 Å². The largest absolute Gasteiger partial charge is 0.508 e. The number of hydrogen-bond donors (Lipinski definition) is 2. The summed E-state index contributed by atoms with van der Waals surface area (Å²) in [6.07, 6.45) is 1.22. The highest BCUT2D eigenvalue weighted by Crippen LogP contribution is 2.33. The summed E-state index contributed by atoms with van der Waals surface area (Å²) in [6.45, 7) is 2.42. The monoisotopic (exact) mass is 578 g/mol. The van der Waals surface area contributed by atoms with Gasteiger partial charge in [-0.3, -0.25) is 14.6 Å². The number of hydrogen-bond acceptors (Lipinski definition) is 6. The van der Waals surface area contributed by atoms with Crippen molar-refractivity contribution in [2.45, 2.75) is 44.7 Å². The van der Waals surface area contributed by atoms with Crippen LogP contribution in [0.25, 0.3) is 10.9 Å². The van der Waals surface area contributed by atoms with E-state index in [1.165, 1.54) is 0 Å². The Morgan fingerprint density at radius 2 is 1.70 bits per heavy atom. The van der Waals surface area contributed by atoms with E-state index in [-0.39, 0.29) is 43.1 Å². The fraction of sp³-hybridized carbons (Fsp3) is 0.273. The quantitative estimate of drug-likeness (QED) is 0.363. The Bertz CT molecular complexity index is 1640. The zero-order chi connectivity index (χ0) is 30.1. The molecule has 4 amide bonds. The van der Waals surface area contributed by atoms with Gasteiger partial charge in [-0.2, -0.15) is 0 Å². The van der Waals surface area contributed by atoms with Crippen LogP contribution in [0.5, 0.6) is 5.75 Å². The average molecular weight is 579 g/mol. The molecule has 4 aromatic rings. The second-order valence-corrected chi connectivity index (χ2v) is 11.1. The Hall–Kier alpha value is -4.96. The number of benzene rings is 3. The van der Waals surface area contributed by atoms with E-state index >= 15 is 0 Å². The maximum atomic E-state index is 14.3. The molecule has 0 spiro atoms. The number of piperazine rings is 1. The molecule has 43 heavy (non-hydrogen) atoms. The maximum absolute atomic E-state index is 14.3. The Balaban J connectivity index is 1.38. The summed E-state index contributed by atoms with van der Waals surface area (Å²) in [5, 5.41) is 17.0. The van der Waals surface area contributed by atoms with Gasteiger partial charge in [-0.15, -0.1) is 0 Å². The predicted molar refractivity (Wildman–Crippen MR) is 161 cm³/mol. The summed E-state index contributed by atoms with van der Waals surface area (Å²) >= 11 is 0. The Morgan fingerprint density at radius 3 is 2.47 bits per heavy atom. The minimum Gasteiger partial charge on any atom is -0.508 e. The first-order valence-corrected chi connectivity index (χ1v) is 14.4. The van der Waals surface area contributed by atoms with Gasteiger partial charge in [0, 0.05) is 38.1 Å². The zero-order valence-corrected chi connectivity index (χ0v) is 24.1. The van der Waals surface area contributed by atoms with Crippen molar-refractivity contribution in [3.05, 3.63) is 108 Å². The Morgan fingerprint density at radius 1 is 0.953 bits per heavy atom. The molecule has 10 heteroatoms. The summed E-state index contributed by atoms with van der Waals surface area (Å²) in [4.78, 5) is 49.8. The van der Waals surface area contributed by atoms with Crippen molar-refractivity contribution in [2.75, 3.05) is 13.6 Å². The van der Waals surface area contributed by atoms with Crippen LogP contribution in [0.4, 0.5) is 4.79 Å². The number of fused-ring (bicyclic) bond motifs is 2. The number of carbonyl (C=O) groups excluding carboxylic acids is 3. The molecule has 3 unspecified atom stereocenters. The standard InChI is InChI=1S/C33H34N6O4/c1-22-31-38(29(41)21-36(2)39(31)33(43)35-19-24-8-4-3-5-9-24)28(18-23-13-15-27(40)16-14-23)32(42)37(22)20-26-11-6-10-25-12-7-17-34-30(25)26/h3-17,22,28,31,40H,18-21H2,1-2H3,(H,35,43). The van der Waals surface area contributed by atoms with Crippen molar-refractivity contribution in [3.8, 4) is 5.75 Å². The molecule has 0 bridgehead atoms. The van der Waals surface area contributed by atoms with Crippen LogP contribution >= 0.6 is 0 Å². The van der Waals surface area contributed by atoms with Gasteiger partial charge in [0.25, 0.3) is 0 Å². The molecule has 0 aliphatic carbocycles. The first-order valence-electron chi connectivity index (χ1n) is 14.4. The topological polar surface area (TPSA) is 109 Å². The number of urea groups is 1. The second-order valence-electron chi connectivity index (χ2n) is 11.1. The van der Waals surface area contributed by atoms with Crippen molar-refractivity contribution in [3.63, 3.8) is 0 Å². The zero-order valence-electron chi connectivity index (χ0n) is 24.1. The molecule has 3 atom stereocenters. The van der Waals surface area contributed by atoms with Crippen LogP contribution in [0.3, 0.4) is 0 Å². The number of rotatable bonds is 6. The summed E-state index contributed by atoms with van der Waals surface area (Å²) in [6, 6.07) is 24.3. The fourth-order valence-electron chi connectivity index (χ4n) is 6.16. The van der Waals surface area contributed by atoms with Crippen molar-refractivity contribution in [1.82, 2.24) is 30.1 Å². The SMILES string of the molecule is CC1C2N(C(=O)CN(C)N2C(=O)NCc2ccccc2)C(Cc2ccc(O)cc2)C(=O)N1Cc1cccc2cccnc12. The number of likely N-dealkylation sites (N-methyl/N-ethyl adjacent to an activating group) is 1. The van der Waals surface area contributed by atoms with Gasteiger partial charge in [0.05, 0.1) is 18.1 Å². The van der Waals surface area contributed by atoms with Crippen molar-refractivity contribution >= 4 is 28.7 Å². The molecule has 2 aliphatic heterocycles. The first kappa shape index (κ1) is 28.2. The lowest BCUT2D eigenvalue weighted by molar-refractivity contribution is -0.196. The third-order valence-electron chi connectivity index (χ3n) is 8.30. The van der Waals surface area contributed by atoms with Crippen molar-refractivity contribution < 1.29 is 19.5 Å². The van der Waals surface area contributed by atoms with E-state index in [4.69, 9.17) is 0 Å². The van der Waals surface area contributed by atoms with Crippen molar-refractivity contribution in [1.29, 1.82) is 0 Å². The van der Waals surface area contributed by atoms with Crippen LogP contribution in [0.15, 0.2) is 91.1 Å². The van der Waals surface area contributed by atoms with Crippen LogP contribution in [-0.4, -0.2) is 79.6 Å². The molecule has 2 saturated heterocycles.